The summed E-state index contributed by atoms with van der Waals surface area (Å²) >= 11 is 0. The van der Waals surface area contributed by atoms with Crippen LogP contribution in [-0.4, -0.2) is 17.3 Å². The van der Waals surface area contributed by atoms with E-state index in [0.29, 0.717) is 17.6 Å². The van der Waals surface area contributed by atoms with E-state index < -0.39 is 0 Å². The number of nitrogens with two attached hydrogens (primary N) is 1. The summed E-state index contributed by atoms with van der Waals surface area (Å²) in [5.41, 5.74) is 7.60. The number of methoxy groups -OCH3 is 1. The van der Waals surface area contributed by atoms with Gasteiger partial charge in [-0.3, -0.25) is 0 Å². The zero-order chi connectivity index (χ0) is 12.5. The summed E-state index contributed by atoms with van der Waals surface area (Å²) in [7, 11) is 1.69. The molecule has 0 spiro atoms. The molecule has 1 aliphatic rings. The van der Waals surface area contributed by atoms with Crippen molar-refractivity contribution in [1.82, 2.24) is 10.1 Å². The Hall–Kier alpha value is -1.88. The lowest BCUT2D eigenvalue weighted by Crippen LogP contribution is -1.96. The lowest BCUT2D eigenvalue weighted by Gasteiger charge is -2.08. The van der Waals surface area contributed by atoms with Gasteiger partial charge in [-0.2, -0.15) is 4.98 Å². The second-order valence-electron chi connectivity index (χ2n) is 4.45. The summed E-state index contributed by atoms with van der Waals surface area (Å²) in [4.78, 5) is 4.21. The second-order valence-corrected chi connectivity index (χ2v) is 4.45. The number of ether oxygens (including phenoxy) is 1. The molecular weight excluding hydrogens is 230 g/mol. The molecule has 0 atom stereocenters. The van der Waals surface area contributed by atoms with Crippen LogP contribution in [0.1, 0.15) is 30.2 Å². The molecule has 94 valence electrons. The van der Waals surface area contributed by atoms with Crippen LogP contribution in [0.3, 0.4) is 0 Å². The molecule has 0 bridgehead atoms. The molecule has 1 aromatic heterocycles. The fourth-order valence-corrected chi connectivity index (χ4v) is 2.04. The Labute approximate surface area is 105 Å². The molecule has 1 heterocycles. The quantitative estimate of drug-likeness (QED) is 0.892. The Bertz CT molecular complexity index is 561. The van der Waals surface area contributed by atoms with Crippen LogP contribution in [0.2, 0.25) is 0 Å². The van der Waals surface area contributed by atoms with Crippen molar-refractivity contribution in [1.29, 1.82) is 0 Å². The third-order valence-electron chi connectivity index (χ3n) is 3.15. The van der Waals surface area contributed by atoms with Crippen LogP contribution in [0, 0.1) is 0 Å². The van der Waals surface area contributed by atoms with E-state index in [1.807, 2.05) is 12.1 Å². The average molecular weight is 245 g/mol. The first-order chi connectivity index (χ1) is 8.81. The van der Waals surface area contributed by atoms with Gasteiger partial charge in [-0.05, 0) is 30.4 Å². The fourth-order valence-electron chi connectivity index (χ4n) is 2.04. The molecule has 1 aromatic carbocycles. The van der Waals surface area contributed by atoms with Gasteiger partial charge in [-0.15, -0.1) is 0 Å². The van der Waals surface area contributed by atoms with Gasteiger partial charge in [0.2, 0.25) is 11.7 Å². The molecule has 5 heteroatoms. The van der Waals surface area contributed by atoms with Crippen LogP contribution in [0.15, 0.2) is 22.7 Å². The monoisotopic (exact) mass is 245 g/mol. The molecule has 0 amide bonds. The van der Waals surface area contributed by atoms with Crippen molar-refractivity contribution in [3.63, 3.8) is 0 Å². The molecule has 1 fully saturated rings. The van der Waals surface area contributed by atoms with Gasteiger partial charge >= 0.3 is 0 Å². The van der Waals surface area contributed by atoms with Gasteiger partial charge in [0.25, 0.3) is 0 Å². The van der Waals surface area contributed by atoms with Crippen LogP contribution in [-0.2, 0) is 6.54 Å². The predicted octanol–water partition coefficient (Wildman–Crippen LogP) is 2.08. The Morgan fingerprint density at radius 3 is 2.89 bits per heavy atom. The number of benzene rings is 1. The van der Waals surface area contributed by atoms with Crippen molar-refractivity contribution in [2.45, 2.75) is 25.3 Å². The highest BCUT2D eigenvalue weighted by Crippen LogP contribution is 2.45. The summed E-state index contributed by atoms with van der Waals surface area (Å²) < 4.78 is 10.4. The van der Waals surface area contributed by atoms with Crippen LogP contribution in [0.5, 0.6) is 5.75 Å². The zero-order valence-electron chi connectivity index (χ0n) is 10.2. The Kier molecular flexibility index (Phi) is 2.76. The first kappa shape index (κ1) is 11.2. The van der Waals surface area contributed by atoms with Crippen molar-refractivity contribution >= 4 is 0 Å². The molecule has 3 rings (SSSR count). The minimum atomic E-state index is 0.254. The summed E-state index contributed by atoms with van der Waals surface area (Å²) in [6.45, 7) is 0.254. The molecular formula is C13H15N3O2. The van der Waals surface area contributed by atoms with Crippen molar-refractivity contribution < 1.29 is 9.26 Å². The lowest BCUT2D eigenvalue weighted by atomic mass is 10.1. The fraction of sp³-hybridized carbons (Fsp3) is 0.385. The summed E-state index contributed by atoms with van der Waals surface area (Å²) in [6.07, 6.45) is 2.49. The van der Waals surface area contributed by atoms with Gasteiger partial charge in [-0.25, -0.2) is 0 Å². The van der Waals surface area contributed by atoms with Crippen molar-refractivity contribution in [3.8, 4) is 17.1 Å². The maximum atomic E-state index is 5.45. The first-order valence-corrected chi connectivity index (χ1v) is 6.02. The Morgan fingerprint density at radius 1 is 1.44 bits per heavy atom. The van der Waals surface area contributed by atoms with Gasteiger partial charge in [0.1, 0.15) is 5.75 Å². The molecule has 0 saturated heterocycles. The van der Waals surface area contributed by atoms with Crippen molar-refractivity contribution in [2.75, 3.05) is 7.11 Å². The number of hydrogen-bond acceptors (Lipinski definition) is 5. The van der Waals surface area contributed by atoms with E-state index in [0.717, 1.165) is 11.3 Å². The lowest BCUT2D eigenvalue weighted by molar-refractivity contribution is 0.380. The van der Waals surface area contributed by atoms with E-state index in [9.17, 15) is 0 Å². The van der Waals surface area contributed by atoms with E-state index in [4.69, 9.17) is 15.0 Å². The van der Waals surface area contributed by atoms with E-state index >= 15 is 0 Å². The number of aromatic nitrogens is 2. The molecule has 0 radical (unpaired) electrons. The van der Waals surface area contributed by atoms with E-state index in [2.05, 4.69) is 16.2 Å². The zero-order valence-corrected chi connectivity index (χ0v) is 10.2. The largest absolute Gasteiger partial charge is 0.496 e. The summed E-state index contributed by atoms with van der Waals surface area (Å²) in [5, 5.41) is 3.90. The molecule has 2 aromatic rings. The predicted molar refractivity (Wildman–Crippen MR) is 66.2 cm³/mol. The van der Waals surface area contributed by atoms with Crippen molar-refractivity contribution in [2.24, 2.45) is 5.73 Å². The Balaban J connectivity index is 1.97. The van der Waals surface area contributed by atoms with Gasteiger partial charge < -0.3 is 15.0 Å². The van der Waals surface area contributed by atoms with E-state index in [1.165, 1.54) is 18.4 Å². The van der Waals surface area contributed by atoms with Crippen molar-refractivity contribution in [3.05, 3.63) is 29.7 Å². The Morgan fingerprint density at radius 2 is 2.28 bits per heavy atom. The molecule has 5 nitrogen and oxygen atoms in total. The highest BCUT2D eigenvalue weighted by molar-refractivity contribution is 5.59. The molecule has 1 saturated carbocycles. The summed E-state index contributed by atoms with van der Waals surface area (Å²) in [5.74, 6) is 2.54. The topological polar surface area (TPSA) is 74.2 Å². The highest BCUT2D eigenvalue weighted by atomic mass is 16.5. The highest BCUT2D eigenvalue weighted by Gasteiger charge is 2.27. The van der Waals surface area contributed by atoms with Crippen LogP contribution < -0.4 is 10.5 Å². The smallest absolute Gasteiger partial charge is 0.240 e. The summed E-state index contributed by atoms with van der Waals surface area (Å²) in [6, 6.07) is 6.05. The molecule has 0 unspecified atom stereocenters. The van der Waals surface area contributed by atoms with Crippen LogP contribution in [0.4, 0.5) is 0 Å². The van der Waals surface area contributed by atoms with Gasteiger partial charge in [0.05, 0.1) is 13.7 Å². The number of rotatable bonds is 4. The minimum Gasteiger partial charge on any atom is -0.496 e. The molecule has 18 heavy (non-hydrogen) atoms. The normalized spacial score (nSPS) is 14.8. The number of hydrogen-bond donors (Lipinski definition) is 1. The molecule has 2 N–H and O–H groups in total. The second kappa shape index (κ2) is 4.42. The minimum absolute atomic E-state index is 0.254. The van der Waals surface area contributed by atoms with Gasteiger partial charge in [0, 0.05) is 5.56 Å². The maximum absolute atomic E-state index is 5.45. The first-order valence-electron chi connectivity index (χ1n) is 6.02. The molecule has 1 aliphatic carbocycles. The van der Waals surface area contributed by atoms with Gasteiger partial charge in [0.15, 0.2) is 0 Å². The van der Waals surface area contributed by atoms with Crippen LogP contribution in [0.25, 0.3) is 11.4 Å². The van der Waals surface area contributed by atoms with Crippen LogP contribution >= 0.6 is 0 Å². The van der Waals surface area contributed by atoms with Gasteiger partial charge in [-0.1, -0.05) is 17.3 Å². The standard InChI is InChI=1S/C13H15N3O2/c1-17-11-6-9(4-5-10(11)8-2-3-8)13-15-12(7-14)18-16-13/h4-6,8H,2-3,7,14H2,1H3. The third-order valence-corrected chi connectivity index (χ3v) is 3.15. The third kappa shape index (κ3) is 1.97. The molecule has 0 aliphatic heterocycles. The average Bonchev–Trinajstić information content (AvgIpc) is 3.15. The maximum Gasteiger partial charge on any atom is 0.240 e. The van der Waals surface area contributed by atoms with E-state index in [-0.39, 0.29) is 6.54 Å². The van der Waals surface area contributed by atoms with E-state index in [1.54, 1.807) is 7.11 Å². The SMILES string of the molecule is COc1cc(-c2noc(CN)n2)ccc1C1CC1. The number of nitrogens with zero attached hydrogens (tertiary/aromatic N) is 2.